The summed E-state index contributed by atoms with van der Waals surface area (Å²) in [7, 11) is -0.340. The van der Waals surface area contributed by atoms with Crippen LogP contribution >= 0.6 is 0 Å². The van der Waals surface area contributed by atoms with Crippen LogP contribution in [0.5, 0.6) is 0 Å². The molecular weight excluding hydrogens is 279 g/mol. The molecule has 1 aromatic carbocycles. The van der Waals surface area contributed by atoms with Crippen molar-refractivity contribution in [3.8, 4) is 0 Å². The fourth-order valence-electron chi connectivity index (χ4n) is 1.94. The van der Waals surface area contributed by atoms with E-state index in [1.807, 2.05) is 13.8 Å². The van der Waals surface area contributed by atoms with Crippen molar-refractivity contribution >= 4 is 10.0 Å². The van der Waals surface area contributed by atoms with Crippen molar-refractivity contribution in [3.05, 3.63) is 29.1 Å². The fraction of sp³-hybridized carbons (Fsp3) is 0.571. The fourth-order valence-corrected chi connectivity index (χ4v) is 3.51. The summed E-state index contributed by atoms with van der Waals surface area (Å²) in [6, 6.07) is 2.70. The van der Waals surface area contributed by atoms with Gasteiger partial charge in [0.1, 0.15) is 5.82 Å². The number of benzene rings is 1. The van der Waals surface area contributed by atoms with Crippen LogP contribution in [-0.4, -0.2) is 32.9 Å². The van der Waals surface area contributed by atoms with E-state index in [-0.39, 0.29) is 16.8 Å². The summed E-state index contributed by atoms with van der Waals surface area (Å²) in [6.07, 6.45) is 0.722. The Hall–Kier alpha value is -0.980. The maximum atomic E-state index is 13.9. The number of sulfonamides is 1. The van der Waals surface area contributed by atoms with Gasteiger partial charge in [0.25, 0.3) is 0 Å². The Balaban J connectivity index is 3.32. The lowest BCUT2D eigenvalue weighted by Gasteiger charge is -2.23. The topological polar surface area (TPSA) is 49.4 Å². The summed E-state index contributed by atoms with van der Waals surface area (Å²) >= 11 is 0. The molecule has 0 amide bonds. The van der Waals surface area contributed by atoms with E-state index in [9.17, 15) is 12.8 Å². The Morgan fingerprint density at radius 3 is 2.50 bits per heavy atom. The van der Waals surface area contributed by atoms with E-state index >= 15 is 0 Å². The molecule has 6 heteroatoms. The Labute approximate surface area is 121 Å². The van der Waals surface area contributed by atoms with Crippen molar-refractivity contribution in [1.29, 1.82) is 0 Å². The molecule has 1 rings (SSSR count). The van der Waals surface area contributed by atoms with Crippen molar-refractivity contribution in [2.45, 2.75) is 44.7 Å². The second kappa shape index (κ2) is 6.65. The van der Waals surface area contributed by atoms with E-state index in [0.717, 1.165) is 6.42 Å². The summed E-state index contributed by atoms with van der Waals surface area (Å²) in [5, 5.41) is 2.85. The van der Waals surface area contributed by atoms with E-state index in [1.165, 1.54) is 16.4 Å². The van der Waals surface area contributed by atoms with E-state index < -0.39 is 10.0 Å². The first-order valence-electron chi connectivity index (χ1n) is 6.67. The molecule has 0 aliphatic carbocycles. The lowest BCUT2D eigenvalue weighted by Crippen LogP contribution is -2.34. The monoisotopic (exact) mass is 302 g/mol. The molecule has 0 bridgehead atoms. The largest absolute Gasteiger partial charge is 0.316 e. The molecule has 114 valence electrons. The third-order valence-corrected chi connectivity index (χ3v) is 5.51. The minimum absolute atomic E-state index is 0.0990. The first kappa shape index (κ1) is 17.1. The third-order valence-electron chi connectivity index (χ3n) is 3.56. The van der Waals surface area contributed by atoms with Crippen molar-refractivity contribution in [2.24, 2.45) is 0 Å². The summed E-state index contributed by atoms with van der Waals surface area (Å²) < 4.78 is 40.3. The van der Waals surface area contributed by atoms with Crippen LogP contribution in [0.4, 0.5) is 4.39 Å². The van der Waals surface area contributed by atoms with Crippen LogP contribution in [0.15, 0.2) is 17.0 Å². The van der Waals surface area contributed by atoms with Gasteiger partial charge < -0.3 is 5.32 Å². The summed E-state index contributed by atoms with van der Waals surface area (Å²) in [6.45, 7) is 5.65. The Bertz CT molecular complexity index is 573. The number of hydrogen-bond acceptors (Lipinski definition) is 3. The molecule has 0 aromatic heterocycles. The number of hydrogen-bond donors (Lipinski definition) is 1. The second-order valence-corrected chi connectivity index (χ2v) is 7.02. The van der Waals surface area contributed by atoms with Gasteiger partial charge in [0.05, 0.1) is 4.90 Å². The van der Waals surface area contributed by atoms with Gasteiger partial charge in [-0.05, 0) is 45.0 Å². The molecule has 4 nitrogen and oxygen atoms in total. The molecular formula is C14H23FN2O2S. The molecule has 0 heterocycles. The number of nitrogens with one attached hydrogen (secondary N) is 1. The molecule has 1 unspecified atom stereocenters. The second-order valence-electron chi connectivity index (χ2n) is 5.02. The van der Waals surface area contributed by atoms with Crippen molar-refractivity contribution in [1.82, 2.24) is 9.62 Å². The maximum absolute atomic E-state index is 13.9. The standard InChI is InChI=1S/C14H23FN2O2S/c1-6-11(3)17(5)20(18,19)13-7-10(2)14(15)12(8-13)9-16-4/h7-8,11,16H,6,9H2,1-5H3. The van der Waals surface area contributed by atoms with Crippen LogP contribution < -0.4 is 5.32 Å². The van der Waals surface area contributed by atoms with Crippen LogP contribution in [0.1, 0.15) is 31.4 Å². The summed E-state index contributed by atoms with van der Waals surface area (Å²) in [5.41, 5.74) is 0.706. The van der Waals surface area contributed by atoms with Gasteiger partial charge in [0.15, 0.2) is 0 Å². The van der Waals surface area contributed by atoms with Crippen LogP contribution in [0.2, 0.25) is 0 Å². The van der Waals surface area contributed by atoms with Gasteiger partial charge in [-0.25, -0.2) is 12.8 Å². The smallest absolute Gasteiger partial charge is 0.243 e. The zero-order valence-corrected chi connectivity index (χ0v) is 13.5. The summed E-state index contributed by atoms with van der Waals surface area (Å²) in [5.74, 6) is -0.357. The maximum Gasteiger partial charge on any atom is 0.243 e. The van der Waals surface area contributed by atoms with E-state index in [0.29, 0.717) is 17.7 Å². The Morgan fingerprint density at radius 1 is 1.40 bits per heavy atom. The van der Waals surface area contributed by atoms with Crippen LogP contribution in [-0.2, 0) is 16.6 Å². The first-order chi connectivity index (χ1) is 9.25. The van der Waals surface area contributed by atoms with Gasteiger partial charge in [-0.1, -0.05) is 6.92 Å². The number of nitrogens with zero attached hydrogens (tertiary/aromatic N) is 1. The molecule has 0 saturated heterocycles. The highest BCUT2D eigenvalue weighted by Gasteiger charge is 2.26. The molecule has 1 N–H and O–H groups in total. The lowest BCUT2D eigenvalue weighted by molar-refractivity contribution is 0.380. The summed E-state index contributed by atoms with van der Waals surface area (Å²) in [4.78, 5) is 0.143. The SMILES string of the molecule is CCC(C)N(C)S(=O)(=O)c1cc(C)c(F)c(CNC)c1. The number of halogens is 1. The first-order valence-corrected chi connectivity index (χ1v) is 8.11. The Kier molecular flexibility index (Phi) is 5.68. The van der Waals surface area contributed by atoms with E-state index in [1.54, 1.807) is 21.0 Å². The minimum atomic E-state index is -3.59. The van der Waals surface area contributed by atoms with Crippen molar-refractivity contribution < 1.29 is 12.8 Å². The highest BCUT2D eigenvalue weighted by Crippen LogP contribution is 2.23. The highest BCUT2D eigenvalue weighted by molar-refractivity contribution is 7.89. The van der Waals surface area contributed by atoms with Crippen LogP contribution in [0, 0.1) is 12.7 Å². The van der Waals surface area contributed by atoms with Crippen LogP contribution in [0.25, 0.3) is 0 Å². The average Bonchev–Trinajstić information content (AvgIpc) is 2.41. The van der Waals surface area contributed by atoms with Gasteiger partial charge in [0, 0.05) is 25.2 Å². The quantitative estimate of drug-likeness (QED) is 0.877. The average molecular weight is 302 g/mol. The van der Waals surface area contributed by atoms with Crippen LogP contribution in [0.3, 0.4) is 0 Å². The zero-order valence-electron chi connectivity index (χ0n) is 12.7. The molecule has 0 fully saturated rings. The van der Waals surface area contributed by atoms with Gasteiger partial charge in [-0.15, -0.1) is 0 Å². The highest BCUT2D eigenvalue weighted by atomic mass is 32.2. The zero-order chi connectivity index (χ0) is 15.5. The van der Waals surface area contributed by atoms with Gasteiger partial charge in [-0.2, -0.15) is 4.31 Å². The molecule has 0 saturated carbocycles. The lowest BCUT2D eigenvalue weighted by atomic mass is 10.1. The van der Waals surface area contributed by atoms with Crippen molar-refractivity contribution in [2.75, 3.05) is 14.1 Å². The van der Waals surface area contributed by atoms with E-state index in [2.05, 4.69) is 5.32 Å². The predicted molar refractivity (Wildman–Crippen MR) is 78.6 cm³/mol. The molecule has 0 aliphatic heterocycles. The third kappa shape index (κ3) is 3.37. The molecule has 0 spiro atoms. The molecule has 0 radical (unpaired) electrons. The normalized spacial score (nSPS) is 13.8. The van der Waals surface area contributed by atoms with Gasteiger partial charge in [0.2, 0.25) is 10.0 Å². The molecule has 20 heavy (non-hydrogen) atoms. The van der Waals surface area contributed by atoms with Gasteiger partial charge in [-0.3, -0.25) is 0 Å². The van der Waals surface area contributed by atoms with Crippen molar-refractivity contribution in [3.63, 3.8) is 0 Å². The minimum Gasteiger partial charge on any atom is -0.316 e. The van der Waals surface area contributed by atoms with Gasteiger partial charge >= 0.3 is 0 Å². The number of rotatable bonds is 6. The predicted octanol–water partition coefficient (Wildman–Crippen LogP) is 2.27. The molecule has 0 aliphatic rings. The number of aryl methyl sites for hydroxylation is 1. The Morgan fingerprint density at radius 2 is 2.00 bits per heavy atom. The molecule has 1 atom stereocenters. The molecule has 1 aromatic rings. The van der Waals surface area contributed by atoms with E-state index in [4.69, 9.17) is 0 Å².